The fourth-order valence-corrected chi connectivity index (χ4v) is 2.57. The quantitative estimate of drug-likeness (QED) is 0.256. The molecule has 6 nitrogen and oxygen atoms in total. The van der Waals surface area contributed by atoms with Crippen LogP contribution in [0, 0.1) is 11.6 Å². The van der Waals surface area contributed by atoms with Crippen molar-refractivity contribution in [2.45, 2.75) is 0 Å². The summed E-state index contributed by atoms with van der Waals surface area (Å²) in [6, 6.07) is 13.3. The van der Waals surface area contributed by atoms with Crippen LogP contribution in [0.4, 0.5) is 8.78 Å². The van der Waals surface area contributed by atoms with Gasteiger partial charge in [-0.3, -0.25) is 0 Å². The lowest BCUT2D eigenvalue weighted by molar-refractivity contribution is 0.420. The van der Waals surface area contributed by atoms with E-state index in [1.807, 2.05) is 0 Å². The summed E-state index contributed by atoms with van der Waals surface area (Å²) in [5.41, 5.74) is 0. The van der Waals surface area contributed by atoms with E-state index in [0.29, 0.717) is 15.8 Å². The highest BCUT2D eigenvalue weighted by atomic mass is 35.5. The number of phenols is 1. The Morgan fingerprint density at radius 1 is 0.636 bits per heavy atom. The second-order valence-corrected chi connectivity index (χ2v) is 7.43. The van der Waals surface area contributed by atoms with E-state index in [4.69, 9.17) is 67.8 Å². The van der Waals surface area contributed by atoms with Crippen LogP contribution >= 0.6 is 58.0 Å². The predicted molar refractivity (Wildman–Crippen MR) is 124 cm³/mol. The van der Waals surface area contributed by atoms with E-state index in [2.05, 4.69) is 19.9 Å². The van der Waals surface area contributed by atoms with Gasteiger partial charge in [-0.15, -0.1) is 0 Å². The summed E-state index contributed by atoms with van der Waals surface area (Å²) in [6.07, 6.45) is 2.20. The van der Waals surface area contributed by atoms with E-state index in [-0.39, 0.29) is 27.1 Å². The number of hydrogen-bond donors (Lipinski definition) is 1. The van der Waals surface area contributed by atoms with Crippen molar-refractivity contribution in [2.75, 3.05) is 0 Å². The summed E-state index contributed by atoms with van der Waals surface area (Å²) in [6.45, 7) is 0. The molecular formula is C20H11Cl5F2N4O2. The highest BCUT2D eigenvalue weighted by Gasteiger charge is 2.12. The van der Waals surface area contributed by atoms with Gasteiger partial charge in [-0.1, -0.05) is 82.3 Å². The van der Waals surface area contributed by atoms with Gasteiger partial charge in [0.15, 0.2) is 21.3 Å². The molecule has 0 fully saturated rings. The average Bonchev–Trinajstić information content (AvgIpc) is 2.79. The number of nitrogens with zero attached hydrogens (tertiary/aromatic N) is 4. The molecule has 4 rings (SSSR count). The molecule has 2 aromatic carbocycles. The molecule has 0 bridgehead atoms. The summed E-state index contributed by atoms with van der Waals surface area (Å²) in [5, 5.41) is 8.74. The molecule has 1 N–H and O–H groups in total. The van der Waals surface area contributed by atoms with Crippen molar-refractivity contribution in [3.63, 3.8) is 0 Å². The van der Waals surface area contributed by atoms with E-state index < -0.39 is 11.6 Å². The Morgan fingerprint density at radius 2 is 1.12 bits per heavy atom. The minimum absolute atomic E-state index is 0.133. The summed E-state index contributed by atoms with van der Waals surface area (Å²) in [5.74, 6) is -1.41. The van der Waals surface area contributed by atoms with Crippen LogP contribution in [0.15, 0.2) is 61.2 Å². The molecule has 0 aliphatic rings. The van der Waals surface area contributed by atoms with Gasteiger partial charge in [0, 0.05) is 0 Å². The molecule has 0 radical (unpaired) electrons. The molecule has 0 saturated heterocycles. The number of hydrogen-bond acceptors (Lipinski definition) is 6. The van der Waals surface area contributed by atoms with Gasteiger partial charge >= 0.3 is 0 Å². The van der Waals surface area contributed by atoms with E-state index in [1.54, 1.807) is 48.5 Å². The molecule has 0 amide bonds. The Labute approximate surface area is 211 Å². The normalized spacial score (nSPS) is 9.79. The lowest BCUT2D eigenvalue weighted by Gasteiger charge is -2.06. The fraction of sp³-hybridized carbons (Fsp3) is 0. The zero-order valence-corrected chi connectivity index (χ0v) is 19.8. The van der Waals surface area contributed by atoms with Crippen LogP contribution < -0.4 is 4.74 Å². The van der Waals surface area contributed by atoms with Crippen molar-refractivity contribution in [1.29, 1.82) is 0 Å². The summed E-state index contributed by atoms with van der Waals surface area (Å²) in [7, 11) is 0. The van der Waals surface area contributed by atoms with Crippen LogP contribution in [0.2, 0.25) is 25.5 Å². The van der Waals surface area contributed by atoms with Crippen molar-refractivity contribution in [2.24, 2.45) is 0 Å². The first-order valence-corrected chi connectivity index (χ1v) is 10.4. The number of halogens is 7. The maximum absolute atomic E-state index is 13.4. The fourth-order valence-electron chi connectivity index (χ4n) is 1.82. The zero-order valence-electron chi connectivity index (χ0n) is 16.1. The van der Waals surface area contributed by atoms with Gasteiger partial charge in [-0.2, -0.15) is 9.37 Å². The minimum atomic E-state index is -0.816. The van der Waals surface area contributed by atoms with Crippen LogP contribution in [0.1, 0.15) is 0 Å². The van der Waals surface area contributed by atoms with E-state index in [1.165, 1.54) is 0 Å². The third-order valence-electron chi connectivity index (χ3n) is 3.32. The monoisotopic (exact) mass is 552 g/mol. The van der Waals surface area contributed by atoms with Gasteiger partial charge in [0.25, 0.3) is 5.88 Å². The second-order valence-electron chi connectivity index (χ2n) is 5.54. The summed E-state index contributed by atoms with van der Waals surface area (Å²) >= 11 is 27.2. The smallest absolute Gasteiger partial charge is 0.260 e. The number of aromatic hydroxyl groups is 1. The lowest BCUT2D eigenvalue weighted by atomic mass is 10.3. The van der Waals surface area contributed by atoms with Crippen LogP contribution in [-0.4, -0.2) is 25.0 Å². The van der Waals surface area contributed by atoms with Crippen molar-refractivity contribution in [1.82, 2.24) is 19.9 Å². The largest absolute Gasteiger partial charge is 0.506 e. The van der Waals surface area contributed by atoms with Crippen molar-refractivity contribution in [3.8, 4) is 17.4 Å². The van der Waals surface area contributed by atoms with Crippen LogP contribution in [0.5, 0.6) is 17.4 Å². The Kier molecular flexibility index (Phi) is 10.8. The molecule has 0 atom stereocenters. The van der Waals surface area contributed by atoms with Gasteiger partial charge < -0.3 is 9.84 Å². The van der Waals surface area contributed by atoms with Gasteiger partial charge in [0.1, 0.15) is 24.2 Å². The topological polar surface area (TPSA) is 81.0 Å². The Hall–Kier alpha value is -2.49. The van der Waals surface area contributed by atoms with Gasteiger partial charge in [0.2, 0.25) is 5.82 Å². The number of para-hydroxylation sites is 2. The number of benzene rings is 2. The molecule has 172 valence electrons. The Morgan fingerprint density at radius 3 is 1.61 bits per heavy atom. The maximum Gasteiger partial charge on any atom is 0.260 e. The first-order chi connectivity index (χ1) is 15.7. The zero-order chi connectivity index (χ0) is 24.4. The van der Waals surface area contributed by atoms with Crippen molar-refractivity contribution >= 4 is 58.0 Å². The number of phenolic OH excluding ortho intramolecular Hbond substituents is 1. The maximum atomic E-state index is 13.4. The van der Waals surface area contributed by atoms with Gasteiger partial charge in [-0.05, 0) is 24.3 Å². The second kappa shape index (κ2) is 13.3. The highest BCUT2D eigenvalue weighted by Crippen LogP contribution is 2.30. The molecule has 13 heteroatoms. The third kappa shape index (κ3) is 8.42. The molecule has 2 heterocycles. The highest BCUT2D eigenvalue weighted by molar-refractivity contribution is 6.33. The molecule has 0 spiro atoms. The van der Waals surface area contributed by atoms with Gasteiger partial charge in [0.05, 0.1) is 10.0 Å². The first kappa shape index (κ1) is 26.8. The third-order valence-corrected chi connectivity index (χ3v) is 4.74. The summed E-state index contributed by atoms with van der Waals surface area (Å²) < 4.78 is 30.9. The van der Waals surface area contributed by atoms with E-state index in [0.717, 1.165) is 12.7 Å². The van der Waals surface area contributed by atoms with Crippen molar-refractivity contribution in [3.05, 3.63) is 98.3 Å². The predicted octanol–water partition coefficient (Wildman–Crippen LogP) is 7.68. The molecular weight excluding hydrogens is 544 g/mol. The molecule has 33 heavy (non-hydrogen) atoms. The number of rotatable bonds is 2. The number of aromatic nitrogens is 4. The molecule has 0 unspecified atom stereocenters. The van der Waals surface area contributed by atoms with Crippen LogP contribution in [0.3, 0.4) is 0 Å². The first-order valence-electron chi connectivity index (χ1n) is 8.54. The van der Waals surface area contributed by atoms with Crippen molar-refractivity contribution < 1.29 is 18.6 Å². The average molecular weight is 555 g/mol. The van der Waals surface area contributed by atoms with Crippen LogP contribution in [-0.2, 0) is 0 Å². The molecule has 0 aliphatic heterocycles. The molecule has 0 saturated carbocycles. The SMILES string of the molecule is Fc1c(Cl)ncnc1Cl.Fc1c(Cl)ncnc1Oc1ccccc1Cl.Oc1ccccc1Cl. The lowest BCUT2D eigenvalue weighted by Crippen LogP contribution is -1.94. The Bertz CT molecular complexity index is 1180. The Balaban J connectivity index is 0.000000192. The van der Waals surface area contributed by atoms with Gasteiger partial charge in [-0.25, -0.2) is 19.3 Å². The molecule has 2 aromatic heterocycles. The minimum Gasteiger partial charge on any atom is -0.506 e. The molecule has 4 aromatic rings. The standard InChI is InChI=1S/C10H5Cl2FN2O.C6H5ClO.C4HCl2FN2/c11-6-3-1-2-4-7(6)16-10-8(13)9(12)14-5-15-10;7-5-3-1-2-4-6(5)8;5-3-2(7)4(6)9-1-8-3/h1-5H;1-4,8H;1H. The van der Waals surface area contributed by atoms with E-state index in [9.17, 15) is 8.78 Å². The van der Waals surface area contributed by atoms with E-state index >= 15 is 0 Å². The number of ether oxygens (including phenoxy) is 1. The van der Waals surface area contributed by atoms with Crippen LogP contribution in [0.25, 0.3) is 0 Å². The molecule has 0 aliphatic carbocycles. The summed E-state index contributed by atoms with van der Waals surface area (Å²) in [4.78, 5) is 13.8.